The highest BCUT2D eigenvalue weighted by Crippen LogP contribution is 2.05. The van der Waals surface area contributed by atoms with Crippen molar-refractivity contribution in [3.8, 4) is 0 Å². The Kier molecular flexibility index (Phi) is 5.26. The van der Waals surface area contributed by atoms with Crippen LogP contribution in [0.1, 0.15) is 26.2 Å². The van der Waals surface area contributed by atoms with Gasteiger partial charge in [-0.15, -0.1) is 6.58 Å². The summed E-state index contributed by atoms with van der Waals surface area (Å²) in [6.07, 6.45) is 2.57. The summed E-state index contributed by atoms with van der Waals surface area (Å²) in [5, 5.41) is 18.2. The van der Waals surface area contributed by atoms with E-state index in [-0.39, 0.29) is 0 Å². The van der Waals surface area contributed by atoms with E-state index in [0.717, 1.165) is 6.42 Å². The van der Waals surface area contributed by atoms with E-state index in [4.69, 9.17) is 10.2 Å². The molecule has 0 saturated carbocycles. The minimum Gasteiger partial charge on any atom is -0.390 e. The van der Waals surface area contributed by atoms with Gasteiger partial charge in [0.1, 0.15) is 0 Å². The highest BCUT2D eigenvalue weighted by molar-refractivity contribution is 4.72. The molecule has 0 aliphatic rings. The van der Waals surface area contributed by atoms with Crippen LogP contribution in [0.4, 0.5) is 0 Å². The molecule has 0 fully saturated rings. The van der Waals surface area contributed by atoms with E-state index in [1.54, 1.807) is 6.08 Å². The summed E-state index contributed by atoms with van der Waals surface area (Å²) >= 11 is 0. The van der Waals surface area contributed by atoms with Crippen LogP contribution < -0.4 is 0 Å². The quantitative estimate of drug-likeness (QED) is 0.567. The third-order valence-electron chi connectivity index (χ3n) is 1.53. The van der Waals surface area contributed by atoms with Crippen LogP contribution in [0.25, 0.3) is 0 Å². The molecule has 2 N–H and O–H groups in total. The van der Waals surface area contributed by atoms with Crippen molar-refractivity contribution in [3.63, 3.8) is 0 Å². The molecular formula is C8H16O2. The smallest absolute Gasteiger partial charge is 0.0802 e. The van der Waals surface area contributed by atoms with E-state index in [1.165, 1.54) is 0 Å². The minimum atomic E-state index is -0.581. The molecule has 0 aliphatic heterocycles. The fourth-order valence-corrected chi connectivity index (χ4v) is 0.753. The highest BCUT2D eigenvalue weighted by atomic mass is 16.3. The molecule has 2 atom stereocenters. The second-order valence-electron chi connectivity index (χ2n) is 2.41. The molecule has 0 rings (SSSR count). The first-order chi connectivity index (χ1) is 4.72. The van der Waals surface area contributed by atoms with Crippen LogP contribution in [0.2, 0.25) is 0 Å². The van der Waals surface area contributed by atoms with Gasteiger partial charge in [0.15, 0.2) is 0 Å². The van der Waals surface area contributed by atoms with Gasteiger partial charge in [0.05, 0.1) is 12.2 Å². The molecule has 2 unspecified atom stereocenters. The van der Waals surface area contributed by atoms with Gasteiger partial charge in [0.25, 0.3) is 0 Å². The maximum atomic E-state index is 9.15. The molecule has 2 heteroatoms. The first kappa shape index (κ1) is 9.66. The summed E-state index contributed by atoms with van der Waals surface area (Å²) in [6.45, 7) is 5.37. The second-order valence-corrected chi connectivity index (χ2v) is 2.41. The largest absolute Gasteiger partial charge is 0.390 e. The first-order valence-corrected chi connectivity index (χ1v) is 3.69. The molecular weight excluding hydrogens is 128 g/mol. The van der Waals surface area contributed by atoms with Crippen LogP contribution in [0, 0.1) is 0 Å². The van der Waals surface area contributed by atoms with Gasteiger partial charge in [-0.2, -0.15) is 0 Å². The number of allylic oxidation sites excluding steroid dienone is 1. The summed E-state index contributed by atoms with van der Waals surface area (Å²) in [4.78, 5) is 0. The Bertz CT molecular complexity index is 91.3. The molecule has 0 radical (unpaired) electrons. The lowest BCUT2D eigenvalue weighted by molar-refractivity contribution is 0.0134. The van der Waals surface area contributed by atoms with Crippen molar-refractivity contribution in [3.05, 3.63) is 12.7 Å². The average Bonchev–Trinajstić information content (AvgIpc) is 1.98. The Balaban J connectivity index is 3.40. The summed E-state index contributed by atoms with van der Waals surface area (Å²) in [7, 11) is 0. The predicted octanol–water partition coefficient (Wildman–Crippen LogP) is 1.08. The van der Waals surface area contributed by atoms with E-state index in [9.17, 15) is 0 Å². The number of hydrogen-bond donors (Lipinski definition) is 2. The normalized spacial score (nSPS) is 16.3. The van der Waals surface area contributed by atoms with Gasteiger partial charge in [0.2, 0.25) is 0 Å². The molecule has 0 saturated heterocycles. The topological polar surface area (TPSA) is 40.5 Å². The molecule has 10 heavy (non-hydrogen) atoms. The number of aliphatic hydroxyl groups excluding tert-OH is 2. The number of aliphatic hydroxyl groups is 2. The van der Waals surface area contributed by atoms with Crippen LogP contribution >= 0.6 is 0 Å². The van der Waals surface area contributed by atoms with Crippen molar-refractivity contribution in [2.75, 3.05) is 0 Å². The van der Waals surface area contributed by atoms with Gasteiger partial charge in [0, 0.05) is 0 Å². The van der Waals surface area contributed by atoms with Crippen molar-refractivity contribution in [2.24, 2.45) is 0 Å². The van der Waals surface area contributed by atoms with Crippen LogP contribution in [0.15, 0.2) is 12.7 Å². The van der Waals surface area contributed by atoms with Crippen molar-refractivity contribution in [2.45, 2.75) is 38.4 Å². The number of hydrogen-bond acceptors (Lipinski definition) is 2. The zero-order chi connectivity index (χ0) is 7.98. The zero-order valence-corrected chi connectivity index (χ0v) is 6.45. The lowest BCUT2D eigenvalue weighted by Gasteiger charge is -2.14. The zero-order valence-electron chi connectivity index (χ0n) is 6.45. The van der Waals surface area contributed by atoms with Crippen molar-refractivity contribution >= 4 is 0 Å². The summed E-state index contributed by atoms with van der Waals surface area (Å²) in [5.74, 6) is 0. The summed E-state index contributed by atoms with van der Waals surface area (Å²) in [6, 6.07) is 0. The van der Waals surface area contributed by atoms with E-state index in [1.807, 2.05) is 6.92 Å². The van der Waals surface area contributed by atoms with Crippen LogP contribution in [0.3, 0.4) is 0 Å². The van der Waals surface area contributed by atoms with E-state index < -0.39 is 12.2 Å². The van der Waals surface area contributed by atoms with Gasteiger partial charge >= 0.3 is 0 Å². The molecule has 0 bridgehead atoms. The fourth-order valence-electron chi connectivity index (χ4n) is 0.753. The summed E-state index contributed by atoms with van der Waals surface area (Å²) in [5.41, 5.74) is 0. The van der Waals surface area contributed by atoms with Gasteiger partial charge in [-0.1, -0.05) is 13.0 Å². The van der Waals surface area contributed by atoms with Crippen LogP contribution in [-0.4, -0.2) is 22.4 Å². The molecule has 0 aromatic rings. The molecule has 0 aromatic carbocycles. The maximum absolute atomic E-state index is 9.15. The SMILES string of the molecule is C=CCCC(O)C(O)CC. The predicted molar refractivity (Wildman–Crippen MR) is 41.7 cm³/mol. The van der Waals surface area contributed by atoms with Crippen molar-refractivity contribution in [1.82, 2.24) is 0 Å². The Morgan fingerprint density at radius 2 is 2.00 bits per heavy atom. The molecule has 0 spiro atoms. The standard InChI is InChI=1S/C8H16O2/c1-3-5-6-8(10)7(9)4-2/h3,7-10H,1,4-6H2,2H3. The third kappa shape index (κ3) is 3.64. The maximum Gasteiger partial charge on any atom is 0.0802 e. The van der Waals surface area contributed by atoms with Gasteiger partial charge in [-0.05, 0) is 19.3 Å². The molecule has 0 aliphatic carbocycles. The Morgan fingerprint density at radius 3 is 2.40 bits per heavy atom. The first-order valence-electron chi connectivity index (χ1n) is 3.69. The average molecular weight is 144 g/mol. The lowest BCUT2D eigenvalue weighted by Crippen LogP contribution is -2.24. The van der Waals surface area contributed by atoms with E-state index >= 15 is 0 Å². The Hall–Kier alpha value is -0.340. The molecule has 0 aromatic heterocycles. The Morgan fingerprint density at radius 1 is 1.40 bits per heavy atom. The lowest BCUT2D eigenvalue weighted by atomic mass is 10.1. The molecule has 0 heterocycles. The monoisotopic (exact) mass is 144 g/mol. The highest BCUT2D eigenvalue weighted by Gasteiger charge is 2.11. The van der Waals surface area contributed by atoms with Crippen molar-refractivity contribution < 1.29 is 10.2 Å². The fraction of sp³-hybridized carbons (Fsp3) is 0.750. The van der Waals surface area contributed by atoms with Crippen molar-refractivity contribution in [1.29, 1.82) is 0 Å². The van der Waals surface area contributed by atoms with E-state index in [2.05, 4.69) is 6.58 Å². The Labute approximate surface area is 62.2 Å². The molecule has 0 amide bonds. The molecule has 60 valence electrons. The van der Waals surface area contributed by atoms with Crippen LogP contribution in [0.5, 0.6) is 0 Å². The van der Waals surface area contributed by atoms with Crippen LogP contribution in [-0.2, 0) is 0 Å². The minimum absolute atomic E-state index is 0.569. The van der Waals surface area contributed by atoms with E-state index in [0.29, 0.717) is 12.8 Å². The summed E-state index contributed by atoms with van der Waals surface area (Å²) < 4.78 is 0. The van der Waals surface area contributed by atoms with Gasteiger partial charge < -0.3 is 10.2 Å². The third-order valence-corrected chi connectivity index (χ3v) is 1.53. The molecule has 2 nitrogen and oxygen atoms in total. The second kappa shape index (κ2) is 5.45. The van der Waals surface area contributed by atoms with Gasteiger partial charge in [-0.25, -0.2) is 0 Å². The number of rotatable bonds is 5. The van der Waals surface area contributed by atoms with Gasteiger partial charge in [-0.3, -0.25) is 0 Å².